The molecule has 0 aliphatic heterocycles. The number of thiazole rings is 1. The molecule has 0 aromatic carbocycles. The number of amides is 1. The van der Waals surface area contributed by atoms with Crippen LogP contribution in [0.5, 0.6) is 0 Å². The van der Waals surface area contributed by atoms with Crippen LogP contribution in [0.4, 0.5) is 4.79 Å². The number of carbonyl (C=O) groups excluding carboxylic acids is 1. The molecule has 1 aliphatic carbocycles. The molecule has 1 unspecified atom stereocenters. The summed E-state index contributed by atoms with van der Waals surface area (Å²) >= 11 is 1.67. The molecule has 0 saturated heterocycles. The first kappa shape index (κ1) is 18.2. The molecule has 2 rings (SSSR count). The van der Waals surface area contributed by atoms with Gasteiger partial charge in [-0.05, 0) is 46.5 Å². The van der Waals surface area contributed by atoms with Crippen LogP contribution in [0.25, 0.3) is 0 Å². The maximum Gasteiger partial charge on any atom is 0.407 e. The molecular weight excluding hydrogens is 310 g/mol. The van der Waals surface area contributed by atoms with Gasteiger partial charge in [0.25, 0.3) is 0 Å². The average molecular weight is 340 g/mol. The standard InChI is InChI=1S/C17H29N3O2S/c1-12-20-14(11-23-12)9-18-15(13-7-5-6-8-13)10-19-16(21)22-17(2,3)4/h11,13,15,18H,5-10H2,1-4H3,(H,19,21). The number of carbonyl (C=O) groups is 1. The first-order valence-corrected chi connectivity index (χ1v) is 9.33. The normalized spacial score (nSPS) is 17.2. The highest BCUT2D eigenvalue weighted by atomic mass is 32.1. The zero-order valence-electron chi connectivity index (χ0n) is 14.6. The molecule has 6 heteroatoms. The van der Waals surface area contributed by atoms with Crippen molar-refractivity contribution in [2.75, 3.05) is 6.54 Å². The van der Waals surface area contributed by atoms with Gasteiger partial charge in [-0.3, -0.25) is 0 Å². The number of alkyl carbamates (subject to hydrolysis) is 1. The fourth-order valence-electron chi connectivity index (χ4n) is 3.00. The second-order valence-corrected chi connectivity index (χ2v) is 8.33. The molecule has 1 atom stereocenters. The molecule has 23 heavy (non-hydrogen) atoms. The number of hydrogen-bond donors (Lipinski definition) is 2. The van der Waals surface area contributed by atoms with E-state index in [1.807, 2.05) is 27.7 Å². The monoisotopic (exact) mass is 339 g/mol. The quantitative estimate of drug-likeness (QED) is 0.831. The Morgan fingerprint density at radius 3 is 2.70 bits per heavy atom. The first-order chi connectivity index (χ1) is 10.8. The number of rotatable bonds is 6. The molecule has 0 radical (unpaired) electrons. The third-order valence-corrected chi connectivity index (χ3v) is 4.87. The lowest BCUT2D eigenvalue weighted by Gasteiger charge is -2.26. The van der Waals surface area contributed by atoms with Crippen LogP contribution >= 0.6 is 11.3 Å². The van der Waals surface area contributed by atoms with Crippen LogP contribution in [-0.2, 0) is 11.3 Å². The second-order valence-electron chi connectivity index (χ2n) is 7.27. The maximum absolute atomic E-state index is 11.9. The highest BCUT2D eigenvalue weighted by Gasteiger charge is 2.26. The van der Waals surface area contributed by atoms with E-state index in [1.165, 1.54) is 25.7 Å². The van der Waals surface area contributed by atoms with Crippen LogP contribution in [0.3, 0.4) is 0 Å². The van der Waals surface area contributed by atoms with Crippen molar-refractivity contribution < 1.29 is 9.53 Å². The highest BCUT2D eigenvalue weighted by Crippen LogP contribution is 2.27. The zero-order chi connectivity index (χ0) is 16.9. The second kappa shape index (κ2) is 8.11. The van der Waals surface area contributed by atoms with E-state index in [1.54, 1.807) is 11.3 Å². The summed E-state index contributed by atoms with van der Waals surface area (Å²) in [7, 11) is 0. The number of aryl methyl sites for hydroxylation is 1. The summed E-state index contributed by atoms with van der Waals surface area (Å²) in [6.45, 7) is 9.01. The van der Waals surface area contributed by atoms with Crippen LogP contribution in [0.15, 0.2) is 5.38 Å². The van der Waals surface area contributed by atoms with Gasteiger partial charge in [-0.25, -0.2) is 9.78 Å². The van der Waals surface area contributed by atoms with Crippen molar-refractivity contribution in [2.24, 2.45) is 5.92 Å². The van der Waals surface area contributed by atoms with Crippen LogP contribution in [0.1, 0.15) is 57.2 Å². The molecule has 0 spiro atoms. The number of nitrogens with zero attached hydrogens (tertiary/aromatic N) is 1. The Morgan fingerprint density at radius 1 is 1.43 bits per heavy atom. The summed E-state index contributed by atoms with van der Waals surface area (Å²) in [5.41, 5.74) is 0.617. The van der Waals surface area contributed by atoms with Gasteiger partial charge < -0.3 is 15.4 Å². The Morgan fingerprint density at radius 2 is 2.13 bits per heavy atom. The first-order valence-electron chi connectivity index (χ1n) is 8.45. The van der Waals surface area contributed by atoms with E-state index in [2.05, 4.69) is 21.0 Å². The Balaban J connectivity index is 1.85. The van der Waals surface area contributed by atoms with Gasteiger partial charge in [-0.1, -0.05) is 12.8 Å². The fraction of sp³-hybridized carbons (Fsp3) is 0.765. The summed E-state index contributed by atoms with van der Waals surface area (Å²) in [4.78, 5) is 16.4. The van der Waals surface area contributed by atoms with E-state index in [9.17, 15) is 4.79 Å². The maximum atomic E-state index is 11.9. The topological polar surface area (TPSA) is 63.2 Å². The lowest BCUT2D eigenvalue weighted by Crippen LogP contribution is -2.45. The van der Waals surface area contributed by atoms with Crippen molar-refractivity contribution in [2.45, 2.75) is 71.6 Å². The molecule has 1 amide bonds. The number of ether oxygens (including phenoxy) is 1. The third kappa shape index (κ3) is 6.47. The van der Waals surface area contributed by atoms with Crippen LogP contribution in [0, 0.1) is 12.8 Å². The van der Waals surface area contributed by atoms with E-state index < -0.39 is 5.60 Å². The number of hydrogen-bond acceptors (Lipinski definition) is 5. The van der Waals surface area contributed by atoms with Gasteiger partial charge >= 0.3 is 6.09 Å². The smallest absolute Gasteiger partial charge is 0.407 e. The van der Waals surface area contributed by atoms with Gasteiger partial charge in [0.15, 0.2) is 0 Å². The summed E-state index contributed by atoms with van der Waals surface area (Å²) in [6, 6.07) is 0.270. The molecule has 1 aliphatic rings. The van der Waals surface area contributed by atoms with Crippen molar-refractivity contribution in [3.63, 3.8) is 0 Å². The summed E-state index contributed by atoms with van der Waals surface area (Å²) in [5, 5.41) is 9.68. The van der Waals surface area contributed by atoms with E-state index in [0.29, 0.717) is 12.5 Å². The average Bonchev–Trinajstić information content (AvgIpc) is 3.08. The molecule has 5 nitrogen and oxygen atoms in total. The van der Waals surface area contributed by atoms with Gasteiger partial charge in [0.2, 0.25) is 0 Å². The minimum atomic E-state index is -0.460. The lowest BCUT2D eigenvalue weighted by atomic mass is 9.98. The number of nitrogens with one attached hydrogen (secondary N) is 2. The van der Waals surface area contributed by atoms with E-state index in [4.69, 9.17) is 4.74 Å². The van der Waals surface area contributed by atoms with Gasteiger partial charge in [-0.2, -0.15) is 0 Å². The summed E-state index contributed by atoms with van der Waals surface area (Å²) in [5.74, 6) is 0.615. The van der Waals surface area contributed by atoms with Gasteiger partial charge in [0.05, 0.1) is 10.7 Å². The van der Waals surface area contributed by atoms with E-state index in [0.717, 1.165) is 17.2 Å². The molecule has 1 aromatic heterocycles. The molecule has 1 heterocycles. The van der Waals surface area contributed by atoms with Crippen LogP contribution in [-0.4, -0.2) is 29.3 Å². The Bertz CT molecular complexity index is 504. The third-order valence-electron chi connectivity index (χ3n) is 4.05. The Labute approximate surface area is 143 Å². The minimum absolute atomic E-state index is 0.270. The largest absolute Gasteiger partial charge is 0.444 e. The van der Waals surface area contributed by atoms with Crippen LogP contribution < -0.4 is 10.6 Å². The molecule has 130 valence electrons. The molecule has 2 N–H and O–H groups in total. The molecule has 1 fully saturated rings. The molecule has 0 bridgehead atoms. The highest BCUT2D eigenvalue weighted by molar-refractivity contribution is 7.09. The van der Waals surface area contributed by atoms with Crippen LogP contribution in [0.2, 0.25) is 0 Å². The predicted octanol–water partition coefficient (Wildman–Crippen LogP) is 3.62. The van der Waals surface area contributed by atoms with Crippen molar-refractivity contribution in [1.29, 1.82) is 0 Å². The van der Waals surface area contributed by atoms with Gasteiger partial charge in [0.1, 0.15) is 5.60 Å². The predicted molar refractivity (Wildman–Crippen MR) is 93.7 cm³/mol. The summed E-state index contributed by atoms with van der Waals surface area (Å²) in [6.07, 6.45) is 4.68. The van der Waals surface area contributed by atoms with Crippen molar-refractivity contribution in [3.05, 3.63) is 16.1 Å². The number of aromatic nitrogens is 1. The van der Waals surface area contributed by atoms with Crippen molar-refractivity contribution in [3.8, 4) is 0 Å². The van der Waals surface area contributed by atoms with E-state index >= 15 is 0 Å². The van der Waals surface area contributed by atoms with Gasteiger partial charge in [0, 0.05) is 24.5 Å². The van der Waals surface area contributed by atoms with Crippen molar-refractivity contribution in [1.82, 2.24) is 15.6 Å². The zero-order valence-corrected chi connectivity index (χ0v) is 15.5. The van der Waals surface area contributed by atoms with Gasteiger partial charge in [-0.15, -0.1) is 11.3 Å². The lowest BCUT2D eigenvalue weighted by molar-refractivity contribution is 0.0518. The molecule has 1 aromatic rings. The van der Waals surface area contributed by atoms with Crippen molar-refractivity contribution >= 4 is 17.4 Å². The Kier molecular flexibility index (Phi) is 6.41. The SMILES string of the molecule is Cc1nc(CNC(CNC(=O)OC(C)(C)C)C2CCCC2)cs1. The molecule has 1 saturated carbocycles. The minimum Gasteiger partial charge on any atom is -0.444 e. The summed E-state index contributed by atoms with van der Waals surface area (Å²) < 4.78 is 5.33. The van der Waals surface area contributed by atoms with E-state index in [-0.39, 0.29) is 12.1 Å². The fourth-order valence-corrected chi connectivity index (χ4v) is 3.61. The Hall–Kier alpha value is -1.14. The molecular formula is C17H29N3O2S.